The molecule has 0 radical (unpaired) electrons. The Morgan fingerprint density at radius 3 is 2.67 bits per heavy atom. The first-order valence-electron chi connectivity index (χ1n) is 5.69. The van der Waals surface area contributed by atoms with Crippen molar-refractivity contribution in [2.24, 2.45) is 0 Å². The maximum absolute atomic E-state index is 12.3. The molecule has 1 aromatic carbocycles. The van der Waals surface area contributed by atoms with E-state index in [4.69, 9.17) is 21.6 Å². The van der Waals surface area contributed by atoms with Gasteiger partial charge in [-0.15, -0.1) is 0 Å². The summed E-state index contributed by atoms with van der Waals surface area (Å²) in [5.74, 6) is 0.363. The number of nitrogens with zero attached hydrogens (tertiary/aromatic N) is 2. The first-order valence-corrected chi connectivity index (χ1v) is 7.55. The molecule has 1 aromatic heterocycles. The van der Waals surface area contributed by atoms with E-state index in [1.807, 2.05) is 6.07 Å². The summed E-state index contributed by atoms with van der Waals surface area (Å²) in [5.41, 5.74) is 0.460. The van der Waals surface area contributed by atoms with E-state index in [2.05, 4.69) is 9.71 Å². The Morgan fingerprint density at radius 2 is 2.10 bits per heavy atom. The summed E-state index contributed by atoms with van der Waals surface area (Å²) in [4.78, 5) is 3.73. The molecule has 1 heterocycles. The van der Waals surface area contributed by atoms with Gasteiger partial charge >= 0.3 is 0 Å². The molecule has 6 nitrogen and oxygen atoms in total. The van der Waals surface area contributed by atoms with Crippen LogP contribution in [0.3, 0.4) is 0 Å². The van der Waals surface area contributed by atoms with Crippen LogP contribution in [0.1, 0.15) is 5.56 Å². The van der Waals surface area contributed by atoms with Crippen molar-refractivity contribution in [2.75, 3.05) is 11.8 Å². The Hall–Kier alpha value is -2.30. The highest BCUT2D eigenvalue weighted by molar-refractivity contribution is 7.92. The molecule has 0 aliphatic rings. The number of nitrogens with one attached hydrogen (secondary N) is 1. The standard InChI is InChI=1S/C13H10ClN3O3S/c1-20-13-5-3-10(8-16-13)17-21(18,19)12-6-9(7-15)2-4-11(12)14/h2-6,8,17H,1H3. The molecule has 0 aliphatic carbocycles. The maximum Gasteiger partial charge on any atom is 0.263 e. The Bertz CT molecular complexity index is 798. The van der Waals surface area contributed by atoms with Gasteiger partial charge in [0.2, 0.25) is 5.88 Å². The fourth-order valence-corrected chi connectivity index (χ4v) is 3.12. The highest BCUT2D eigenvalue weighted by atomic mass is 35.5. The van der Waals surface area contributed by atoms with Crippen molar-refractivity contribution in [3.63, 3.8) is 0 Å². The third kappa shape index (κ3) is 3.42. The van der Waals surface area contributed by atoms with Crippen molar-refractivity contribution in [1.29, 1.82) is 5.26 Å². The van der Waals surface area contributed by atoms with Crippen molar-refractivity contribution in [1.82, 2.24) is 4.98 Å². The van der Waals surface area contributed by atoms with Crippen molar-refractivity contribution >= 4 is 27.3 Å². The predicted octanol–water partition coefficient (Wildman–Crippen LogP) is 2.42. The van der Waals surface area contributed by atoms with Crippen LogP contribution in [0.15, 0.2) is 41.4 Å². The lowest BCUT2D eigenvalue weighted by Crippen LogP contribution is -2.14. The lowest BCUT2D eigenvalue weighted by atomic mass is 10.2. The van der Waals surface area contributed by atoms with E-state index in [9.17, 15) is 8.42 Å². The highest BCUT2D eigenvalue weighted by Gasteiger charge is 2.19. The summed E-state index contributed by atoms with van der Waals surface area (Å²) >= 11 is 5.89. The second kappa shape index (κ2) is 5.99. The number of hydrogen-bond acceptors (Lipinski definition) is 5. The van der Waals surface area contributed by atoms with E-state index < -0.39 is 10.0 Å². The van der Waals surface area contributed by atoms with Crippen LogP contribution < -0.4 is 9.46 Å². The van der Waals surface area contributed by atoms with E-state index in [-0.39, 0.29) is 21.2 Å². The molecule has 2 rings (SSSR count). The molecule has 0 atom stereocenters. The molecule has 108 valence electrons. The van der Waals surface area contributed by atoms with Crippen LogP contribution in [0.25, 0.3) is 0 Å². The Kier molecular flexibility index (Phi) is 4.31. The number of benzene rings is 1. The third-order valence-corrected chi connectivity index (χ3v) is 4.41. The molecule has 0 bridgehead atoms. The van der Waals surface area contributed by atoms with Gasteiger partial charge in [-0.3, -0.25) is 4.72 Å². The topological polar surface area (TPSA) is 92.1 Å². The van der Waals surface area contributed by atoms with Crippen molar-refractivity contribution < 1.29 is 13.2 Å². The Balaban J connectivity index is 2.36. The minimum Gasteiger partial charge on any atom is -0.481 e. The van der Waals surface area contributed by atoms with Crippen LogP contribution >= 0.6 is 11.6 Å². The molecule has 0 amide bonds. The average molecular weight is 324 g/mol. The van der Waals surface area contributed by atoms with Crippen LogP contribution in [0.5, 0.6) is 5.88 Å². The summed E-state index contributed by atoms with van der Waals surface area (Å²) < 4.78 is 31.8. The normalized spacial score (nSPS) is 10.7. The zero-order chi connectivity index (χ0) is 15.5. The fourth-order valence-electron chi connectivity index (χ4n) is 1.55. The lowest BCUT2D eigenvalue weighted by Gasteiger charge is -2.09. The van der Waals surface area contributed by atoms with E-state index in [1.54, 1.807) is 0 Å². The Morgan fingerprint density at radius 1 is 1.33 bits per heavy atom. The predicted molar refractivity (Wildman–Crippen MR) is 77.8 cm³/mol. The van der Waals surface area contributed by atoms with E-state index in [0.717, 1.165) is 0 Å². The monoisotopic (exact) mass is 323 g/mol. The molecule has 1 N–H and O–H groups in total. The van der Waals surface area contributed by atoms with Gasteiger partial charge in [0.15, 0.2) is 0 Å². The molecular weight excluding hydrogens is 314 g/mol. The molecule has 0 unspecified atom stereocenters. The SMILES string of the molecule is COc1ccc(NS(=O)(=O)c2cc(C#N)ccc2Cl)cn1. The van der Waals surface area contributed by atoms with Gasteiger partial charge in [-0.2, -0.15) is 5.26 Å². The second-order valence-corrected chi connectivity index (χ2v) is 6.01. The minimum atomic E-state index is -3.91. The van der Waals surface area contributed by atoms with Gasteiger partial charge < -0.3 is 4.74 Å². The molecule has 8 heteroatoms. The summed E-state index contributed by atoms with van der Waals surface area (Å²) in [5, 5.41) is 8.86. The van der Waals surface area contributed by atoms with E-state index in [0.29, 0.717) is 5.88 Å². The number of rotatable bonds is 4. The lowest BCUT2D eigenvalue weighted by molar-refractivity contribution is 0.398. The third-order valence-electron chi connectivity index (χ3n) is 2.55. The first kappa shape index (κ1) is 15.1. The summed E-state index contributed by atoms with van der Waals surface area (Å²) in [6.07, 6.45) is 1.32. The first-order chi connectivity index (χ1) is 9.96. The number of sulfonamides is 1. The van der Waals surface area contributed by atoms with Crippen molar-refractivity contribution in [2.45, 2.75) is 4.90 Å². The van der Waals surface area contributed by atoms with Gasteiger partial charge in [0.25, 0.3) is 10.0 Å². The number of pyridine rings is 1. The maximum atomic E-state index is 12.3. The van der Waals surface area contributed by atoms with E-state index >= 15 is 0 Å². The number of anilines is 1. The zero-order valence-corrected chi connectivity index (χ0v) is 12.4. The van der Waals surface area contributed by atoms with Crippen LogP contribution in [0.4, 0.5) is 5.69 Å². The number of ether oxygens (including phenoxy) is 1. The molecule has 2 aromatic rings. The fraction of sp³-hybridized carbons (Fsp3) is 0.0769. The molecule has 0 saturated heterocycles. The number of hydrogen-bond donors (Lipinski definition) is 1. The summed E-state index contributed by atoms with van der Waals surface area (Å²) in [6, 6.07) is 8.90. The molecule has 0 fully saturated rings. The van der Waals surface area contributed by atoms with Crippen molar-refractivity contribution in [3.05, 3.63) is 47.1 Å². The highest BCUT2D eigenvalue weighted by Crippen LogP contribution is 2.25. The molecule has 0 saturated carbocycles. The van der Waals surface area contributed by atoms with Crippen LogP contribution in [-0.4, -0.2) is 20.5 Å². The molecule has 21 heavy (non-hydrogen) atoms. The van der Waals surface area contributed by atoms with Gasteiger partial charge in [0, 0.05) is 6.07 Å². The number of halogens is 1. The molecule has 0 spiro atoms. The smallest absolute Gasteiger partial charge is 0.263 e. The van der Waals surface area contributed by atoms with Gasteiger partial charge in [-0.1, -0.05) is 11.6 Å². The molecular formula is C13H10ClN3O3S. The minimum absolute atomic E-state index is 0.0305. The Labute approximate surface area is 127 Å². The van der Waals surface area contributed by atoms with E-state index in [1.165, 1.54) is 43.6 Å². The number of nitriles is 1. The van der Waals surface area contributed by atoms with Gasteiger partial charge in [-0.25, -0.2) is 13.4 Å². The molecule has 0 aliphatic heterocycles. The second-order valence-electron chi connectivity index (χ2n) is 3.95. The summed E-state index contributed by atoms with van der Waals surface area (Å²) in [6.45, 7) is 0. The average Bonchev–Trinajstić information content (AvgIpc) is 2.48. The van der Waals surface area contributed by atoms with Gasteiger partial charge in [0.05, 0.1) is 35.6 Å². The van der Waals surface area contributed by atoms with Crippen molar-refractivity contribution in [3.8, 4) is 11.9 Å². The quantitative estimate of drug-likeness (QED) is 0.932. The van der Waals surface area contributed by atoms with Gasteiger partial charge in [0.1, 0.15) is 4.90 Å². The van der Waals surface area contributed by atoms with Gasteiger partial charge in [-0.05, 0) is 24.3 Å². The number of methoxy groups -OCH3 is 1. The van der Waals surface area contributed by atoms with Crippen LogP contribution in [-0.2, 0) is 10.0 Å². The summed E-state index contributed by atoms with van der Waals surface area (Å²) in [7, 11) is -2.45. The van der Waals surface area contributed by atoms with Crippen LogP contribution in [0.2, 0.25) is 5.02 Å². The zero-order valence-electron chi connectivity index (χ0n) is 10.9. The van der Waals surface area contributed by atoms with Crippen LogP contribution in [0, 0.1) is 11.3 Å². The largest absolute Gasteiger partial charge is 0.481 e. The number of aromatic nitrogens is 1.